The van der Waals surface area contributed by atoms with Gasteiger partial charge in [-0.25, -0.2) is 13.8 Å². The highest BCUT2D eigenvalue weighted by Gasteiger charge is 2.42. The predicted octanol–water partition coefficient (Wildman–Crippen LogP) is 3.56. The summed E-state index contributed by atoms with van der Waals surface area (Å²) in [6, 6.07) is 4.29. The Kier molecular flexibility index (Phi) is 6.12. The Morgan fingerprint density at radius 1 is 1.31 bits per heavy atom. The van der Waals surface area contributed by atoms with Gasteiger partial charge in [0.2, 0.25) is 5.88 Å². The van der Waals surface area contributed by atoms with Crippen LogP contribution in [0.2, 0.25) is 0 Å². The number of pyridine rings is 2. The summed E-state index contributed by atoms with van der Waals surface area (Å²) in [7, 11) is 0. The number of halogens is 4. The van der Waals surface area contributed by atoms with Crippen molar-refractivity contribution in [3.63, 3.8) is 0 Å². The Morgan fingerprint density at radius 3 is 2.54 bits per heavy atom. The smallest absolute Gasteiger partial charge is 0.340 e. The zero-order valence-electron chi connectivity index (χ0n) is 14.0. The minimum absolute atomic E-state index is 0.165. The molecule has 1 N–H and O–H groups in total. The second kappa shape index (κ2) is 8.11. The van der Waals surface area contributed by atoms with E-state index < -0.39 is 25.0 Å². The van der Waals surface area contributed by atoms with E-state index in [1.165, 1.54) is 18.6 Å². The molecule has 0 aliphatic rings. The van der Waals surface area contributed by atoms with Gasteiger partial charge in [-0.05, 0) is 37.6 Å². The molecular formula is C17H17F4N3O2. The minimum atomic E-state index is -4.25. The second-order valence-corrected chi connectivity index (χ2v) is 5.67. The van der Waals surface area contributed by atoms with Crippen LogP contribution < -0.4 is 10.1 Å². The van der Waals surface area contributed by atoms with Crippen LogP contribution in [0.4, 0.5) is 17.6 Å². The predicted molar refractivity (Wildman–Crippen MR) is 85.5 cm³/mol. The zero-order chi connectivity index (χ0) is 19.3. The first-order valence-corrected chi connectivity index (χ1v) is 7.67. The average molecular weight is 371 g/mol. The Hall–Kier alpha value is -2.71. The van der Waals surface area contributed by atoms with Crippen molar-refractivity contribution in [2.45, 2.75) is 32.2 Å². The van der Waals surface area contributed by atoms with Gasteiger partial charge in [-0.1, -0.05) is 0 Å². The number of nitrogens with one attached hydrogen (secondary N) is 1. The van der Waals surface area contributed by atoms with Crippen molar-refractivity contribution < 1.29 is 27.1 Å². The summed E-state index contributed by atoms with van der Waals surface area (Å²) in [5.41, 5.74) is 1.43. The molecule has 0 fully saturated rings. The first kappa shape index (κ1) is 19.6. The molecule has 140 valence electrons. The lowest BCUT2D eigenvalue weighted by Crippen LogP contribution is -2.34. The first-order valence-electron chi connectivity index (χ1n) is 7.67. The van der Waals surface area contributed by atoms with Crippen LogP contribution in [-0.4, -0.2) is 34.8 Å². The highest BCUT2D eigenvalue weighted by molar-refractivity contribution is 5.94. The van der Waals surface area contributed by atoms with E-state index >= 15 is 0 Å². The Morgan fingerprint density at radius 2 is 1.96 bits per heavy atom. The number of amides is 1. The highest BCUT2D eigenvalue weighted by Crippen LogP contribution is 2.26. The largest absolute Gasteiger partial charge is 0.471 e. The average Bonchev–Trinajstić information content (AvgIpc) is 2.61. The van der Waals surface area contributed by atoms with Crippen molar-refractivity contribution in [1.82, 2.24) is 15.3 Å². The fourth-order valence-electron chi connectivity index (χ4n) is 2.07. The number of hydrogen-bond acceptors (Lipinski definition) is 4. The molecule has 9 heteroatoms. The third-order valence-corrected chi connectivity index (χ3v) is 3.56. The van der Waals surface area contributed by atoms with Crippen molar-refractivity contribution in [3.8, 4) is 5.88 Å². The molecule has 2 aromatic heterocycles. The molecule has 0 saturated carbocycles. The molecule has 2 aromatic rings. The highest BCUT2D eigenvalue weighted by atomic mass is 19.3. The molecule has 0 spiro atoms. The van der Waals surface area contributed by atoms with E-state index in [4.69, 9.17) is 4.74 Å². The summed E-state index contributed by atoms with van der Waals surface area (Å²) < 4.78 is 54.9. The molecule has 0 radical (unpaired) electrons. The minimum Gasteiger partial charge on any atom is -0.471 e. The molecule has 1 unspecified atom stereocenters. The van der Waals surface area contributed by atoms with Crippen molar-refractivity contribution >= 4 is 5.91 Å². The summed E-state index contributed by atoms with van der Waals surface area (Å²) >= 11 is 0. The molecule has 2 rings (SSSR count). The molecule has 0 aromatic carbocycles. The van der Waals surface area contributed by atoms with E-state index in [0.717, 1.165) is 0 Å². The molecule has 1 atom stereocenters. The van der Waals surface area contributed by atoms with Crippen molar-refractivity contribution in [2.75, 3.05) is 6.61 Å². The number of aromatic nitrogens is 2. The van der Waals surface area contributed by atoms with E-state index in [1.54, 1.807) is 32.0 Å². The fourth-order valence-corrected chi connectivity index (χ4v) is 2.07. The summed E-state index contributed by atoms with van der Waals surface area (Å²) in [6.07, 6.45) is 0.505. The lowest BCUT2D eigenvalue weighted by molar-refractivity contribution is -0.148. The standard InChI is InChI=1S/C17H17F4N3O2/c1-10-7-13(8-23-15(10)26-9-17(20,21)16(18)19)11(2)24-14(25)12-3-5-22-6-4-12/h3-8,11,16H,9H2,1-2H3,(H,24,25). The molecule has 1 amide bonds. The van der Waals surface area contributed by atoms with Crippen LogP contribution >= 0.6 is 0 Å². The van der Waals surface area contributed by atoms with Gasteiger partial charge < -0.3 is 10.1 Å². The number of rotatable bonds is 7. The molecule has 26 heavy (non-hydrogen) atoms. The van der Waals surface area contributed by atoms with Gasteiger partial charge in [0.05, 0.1) is 6.04 Å². The number of ether oxygens (including phenoxy) is 1. The maximum Gasteiger partial charge on any atom is 0.340 e. The van der Waals surface area contributed by atoms with Crippen LogP contribution in [-0.2, 0) is 0 Å². The van der Waals surface area contributed by atoms with Crippen LogP contribution in [0.5, 0.6) is 5.88 Å². The number of alkyl halides is 4. The normalized spacial score (nSPS) is 12.7. The number of hydrogen-bond donors (Lipinski definition) is 1. The quantitative estimate of drug-likeness (QED) is 0.756. The van der Waals surface area contributed by atoms with Gasteiger partial charge in [0.1, 0.15) is 0 Å². The number of carbonyl (C=O) groups excluding carboxylic acids is 1. The van der Waals surface area contributed by atoms with Gasteiger partial charge in [0.25, 0.3) is 5.91 Å². The summed E-state index contributed by atoms with van der Waals surface area (Å²) in [4.78, 5) is 19.8. The van der Waals surface area contributed by atoms with Crippen molar-refractivity contribution in [1.29, 1.82) is 0 Å². The van der Waals surface area contributed by atoms with Crippen LogP contribution in [0.3, 0.4) is 0 Å². The Bertz CT molecular complexity index is 757. The molecule has 2 heterocycles. The number of nitrogens with zero attached hydrogens (tertiary/aromatic N) is 2. The third-order valence-electron chi connectivity index (χ3n) is 3.56. The van der Waals surface area contributed by atoms with E-state index in [-0.39, 0.29) is 11.8 Å². The maximum atomic E-state index is 12.9. The molecule has 0 bridgehead atoms. The van der Waals surface area contributed by atoms with Crippen molar-refractivity contribution in [3.05, 3.63) is 53.5 Å². The van der Waals surface area contributed by atoms with Gasteiger partial charge >= 0.3 is 12.3 Å². The molecule has 5 nitrogen and oxygen atoms in total. The van der Waals surface area contributed by atoms with Crippen LogP contribution in [0.1, 0.15) is 34.5 Å². The van der Waals surface area contributed by atoms with Gasteiger partial charge in [-0.2, -0.15) is 8.78 Å². The monoisotopic (exact) mass is 371 g/mol. The molecule has 0 saturated heterocycles. The summed E-state index contributed by atoms with van der Waals surface area (Å²) in [5.74, 6) is -4.73. The van der Waals surface area contributed by atoms with Gasteiger partial charge in [0.15, 0.2) is 6.61 Å². The molecular weight excluding hydrogens is 354 g/mol. The molecule has 0 aliphatic carbocycles. The topological polar surface area (TPSA) is 64.1 Å². The zero-order valence-corrected chi connectivity index (χ0v) is 14.0. The van der Waals surface area contributed by atoms with Crippen LogP contribution in [0.25, 0.3) is 0 Å². The Labute approximate surface area is 147 Å². The van der Waals surface area contributed by atoms with Crippen LogP contribution in [0.15, 0.2) is 36.8 Å². The molecule has 0 aliphatic heterocycles. The van der Waals surface area contributed by atoms with Gasteiger partial charge in [-0.3, -0.25) is 9.78 Å². The maximum absolute atomic E-state index is 12.9. The lowest BCUT2D eigenvalue weighted by atomic mass is 10.1. The first-order chi connectivity index (χ1) is 12.2. The number of carbonyl (C=O) groups is 1. The van der Waals surface area contributed by atoms with E-state index in [9.17, 15) is 22.4 Å². The van der Waals surface area contributed by atoms with E-state index in [0.29, 0.717) is 16.7 Å². The number of aryl methyl sites for hydroxylation is 1. The van der Waals surface area contributed by atoms with Crippen LogP contribution in [0, 0.1) is 6.92 Å². The second-order valence-electron chi connectivity index (χ2n) is 5.67. The Balaban J connectivity index is 2.03. The summed E-state index contributed by atoms with van der Waals surface area (Å²) in [5, 5.41) is 2.76. The third kappa shape index (κ3) is 4.90. The summed E-state index contributed by atoms with van der Waals surface area (Å²) in [6.45, 7) is 1.80. The van der Waals surface area contributed by atoms with Gasteiger partial charge in [0, 0.05) is 29.7 Å². The van der Waals surface area contributed by atoms with E-state index in [1.807, 2.05) is 0 Å². The van der Waals surface area contributed by atoms with E-state index in [2.05, 4.69) is 15.3 Å². The van der Waals surface area contributed by atoms with Crippen molar-refractivity contribution in [2.24, 2.45) is 0 Å². The fraction of sp³-hybridized carbons (Fsp3) is 0.353. The lowest BCUT2D eigenvalue weighted by Gasteiger charge is -2.18. The SMILES string of the molecule is Cc1cc(C(C)NC(=O)c2ccncc2)cnc1OCC(F)(F)C(F)F. The van der Waals surface area contributed by atoms with Gasteiger partial charge in [-0.15, -0.1) is 0 Å².